The fourth-order valence-corrected chi connectivity index (χ4v) is 4.02. The number of hydrogen-bond acceptors (Lipinski definition) is 3. The Kier molecular flexibility index (Phi) is 7.32. The van der Waals surface area contributed by atoms with Crippen LogP contribution in [0.15, 0.2) is 57.7 Å². The summed E-state index contributed by atoms with van der Waals surface area (Å²) in [6.07, 6.45) is 9.04. The van der Waals surface area contributed by atoms with E-state index in [4.69, 9.17) is 23.2 Å². The highest BCUT2D eigenvalue weighted by atomic mass is 35.5. The normalized spacial score (nSPS) is 16.8. The summed E-state index contributed by atoms with van der Waals surface area (Å²) in [5.41, 5.74) is 3.83. The number of rotatable bonds is 7. The summed E-state index contributed by atoms with van der Waals surface area (Å²) in [6.45, 7) is 6.00. The van der Waals surface area contributed by atoms with Crippen molar-refractivity contribution in [2.75, 3.05) is 5.01 Å². The maximum atomic E-state index is 13.3. The van der Waals surface area contributed by atoms with Gasteiger partial charge in [0.25, 0.3) is 5.91 Å². The van der Waals surface area contributed by atoms with Crippen molar-refractivity contribution in [3.63, 3.8) is 0 Å². The first-order chi connectivity index (χ1) is 14.4. The van der Waals surface area contributed by atoms with Crippen LogP contribution in [0, 0.1) is 0 Å². The van der Waals surface area contributed by atoms with Crippen LogP contribution in [-0.2, 0) is 9.59 Å². The Labute approximate surface area is 187 Å². The number of benzene rings is 1. The SMILES string of the molecule is CCCCC1=CC(=C2C(=O)N(c3cc(Cl)ccc3Cl)N=C2C)C=C(CCCC)C1=O. The van der Waals surface area contributed by atoms with Gasteiger partial charge in [0, 0.05) is 16.2 Å². The molecule has 1 aromatic carbocycles. The lowest BCUT2D eigenvalue weighted by Gasteiger charge is -2.18. The van der Waals surface area contributed by atoms with E-state index in [0.717, 1.165) is 42.4 Å². The molecule has 158 valence electrons. The van der Waals surface area contributed by atoms with Crippen molar-refractivity contribution < 1.29 is 9.59 Å². The fraction of sp³-hybridized carbons (Fsp3) is 0.375. The monoisotopic (exact) mass is 444 g/mol. The third-order valence-electron chi connectivity index (χ3n) is 5.29. The van der Waals surface area contributed by atoms with Gasteiger partial charge in [0.1, 0.15) is 0 Å². The Bertz CT molecular complexity index is 972. The van der Waals surface area contributed by atoms with E-state index in [0.29, 0.717) is 39.9 Å². The van der Waals surface area contributed by atoms with Crippen LogP contribution in [0.1, 0.15) is 59.3 Å². The Morgan fingerprint density at radius 3 is 2.13 bits per heavy atom. The van der Waals surface area contributed by atoms with Gasteiger partial charge in [0.05, 0.1) is 22.0 Å². The van der Waals surface area contributed by atoms with E-state index in [9.17, 15) is 9.59 Å². The van der Waals surface area contributed by atoms with E-state index in [1.165, 1.54) is 5.01 Å². The molecule has 0 N–H and O–H groups in total. The number of carbonyl (C=O) groups excluding carboxylic acids is 2. The quantitative estimate of drug-likeness (QED) is 0.432. The molecule has 0 fully saturated rings. The first kappa shape index (κ1) is 22.5. The largest absolute Gasteiger partial charge is 0.289 e. The molecular weight excluding hydrogens is 419 g/mol. The first-order valence-corrected chi connectivity index (χ1v) is 11.2. The Morgan fingerprint density at radius 1 is 0.967 bits per heavy atom. The molecule has 1 heterocycles. The molecule has 6 heteroatoms. The average Bonchev–Trinajstić information content (AvgIpc) is 3.02. The van der Waals surface area contributed by atoms with Crippen molar-refractivity contribution in [1.82, 2.24) is 0 Å². The summed E-state index contributed by atoms with van der Waals surface area (Å²) in [5.74, 6) is -0.158. The van der Waals surface area contributed by atoms with Gasteiger partial charge in [0.15, 0.2) is 5.78 Å². The van der Waals surface area contributed by atoms with E-state index in [1.54, 1.807) is 25.1 Å². The molecule has 1 amide bonds. The first-order valence-electron chi connectivity index (χ1n) is 10.4. The number of Topliss-reactive ketones (excluding diaryl/α,β-unsaturated/α-hetero) is 1. The van der Waals surface area contributed by atoms with Crippen molar-refractivity contribution in [2.24, 2.45) is 5.10 Å². The lowest BCUT2D eigenvalue weighted by atomic mass is 9.86. The molecule has 0 aromatic heterocycles. The van der Waals surface area contributed by atoms with Crippen LogP contribution in [0.3, 0.4) is 0 Å². The molecule has 0 saturated heterocycles. The third kappa shape index (κ3) is 4.60. The number of unbranched alkanes of at least 4 members (excludes halogenated alkanes) is 2. The third-order valence-corrected chi connectivity index (χ3v) is 5.84. The van der Waals surface area contributed by atoms with Crippen molar-refractivity contribution >= 4 is 46.3 Å². The molecule has 1 aromatic rings. The van der Waals surface area contributed by atoms with Gasteiger partial charge in [-0.15, -0.1) is 0 Å². The minimum Gasteiger partial charge on any atom is -0.289 e. The van der Waals surface area contributed by atoms with Crippen LogP contribution in [-0.4, -0.2) is 17.4 Å². The summed E-state index contributed by atoms with van der Waals surface area (Å²) >= 11 is 12.4. The van der Waals surface area contributed by atoms with Gasteiger partial charge in [-0.1, -0.05) is 49.9 Å². The number of hydrogen-bond donors (Lipinski definition) is 0. The smallest absolute Gasteiger partial charge is 0.281 e. The highest BCUT2D eigenvalue weighted by molar-refractivity contribution is 6.38. The topological polar surface area (TPSA) is 49.7 Å². The number of allylic oxidation sites excluding steroid dienone is 5. The zero-order valence-corrected chi connectivity index (χ0v) is 19.1. The molecule has 0 radical (unpaired) electrons. The predicted octanol–water partition coefficient (Wildman–Crippen LogP) is 6.83. The van der Waals surface area contributed by atoms with Gasteiger partial charge in [-0.25, -0.2) is 0 Å². The minimum absolute atomic E-state index is 0.107. The second kappa shape index (κ2) is 9.76. The molecule has 30 heavy (non-hydrogen) atoms. The standard InChI is InChI=1S/C24H26Cl2N2O2/c1-4-6-8-16-12-18(13-17(23(16)29)9-7-5-2)22-15(3)27-28(24(22)30)21-14-19(25)10-11-20(21)26/h10-14H,4-9H2,1-3H3. The van der Waals surface area contributed by atoms with Gasteiger partial charge in [-0.3, -0.25) is 9.59 Å². The molecule has 3 rings (SSSR count). The number of carbonyl (C=O) groups is 2. The number of hydrazone groups is 1. The summed E-state index contributed by atoms with van der Waals surface area (Å²) in [7, 11) is 0. The molecule has 1 aliphatic heterocycles. The summed E-state index contributed by atoms with van der Waals surface area (Å²) in [6, 6.07) is 4.94. The highest BCUT2D eigenvalue weighted by Crippen LogP contribution is 2.35. The second-order valence-electron chi connectivity index (χ2n) is 7.60. The van der Waals surface area contributed by atoms with Crippen LogP contribution in [0.5, 0.6) is 0 Å². The van der Waals surface area contributed by atoms with Gasteiger partial charge < -0.3 is 0 Å². The van der Waals surface area contributed by atoms with Crippen LogP contribution < -0.4 is 5.01 Å². The zero-order chi connectivity index (χ0) is 21.8. The molecule has 0 bridgehead atoms. The summed E-state index contributed by atoms with van der Waals surface area (Å²) in [5, 5.41) is 6.61. The van der Waals surface area contributed by atoms with E-state index in [2.05, 4.69) is 18.9 Å². The number of ketones is 1. The second-order valence-corrected chi connectivity index (χ2v) is 8.45. The van der Waals surface area contributed by atoms with E-state index in [-0.39, 0.29) is 11.7 Å². The summed E-state index contributed by atoms with van der Waals surface area (Å²) in [4.78, 5) is 26.2. The maximum Gasteiger partial charge on any atom is 0.281 e. The molecule has 1 aliphatic carbocycles. The van der Waals surface area contributed by atoms with Crippen LogP contribution in [0.4, 0.5) is 5.69 Å². The molecule has 0 saturated carbocycles. The lowest BCUT2D eigenvalue weighted by molar-refractivity contribution is -0.114. The number of amides is 1. The molecule has 0 unspecified atom stereocenters. The van der Waals surface area contributed by atoms with Crippen LogP contribution >= 0.6 is 23.2 Å². The van der Waals surface area contributed by atoms with Crippen molar-refractivity contribution in [3.8, 4) is 0 Å². The van der Waals surface area contributed by atoms with Crippen molar-refractivity contribution in [1.29, 1.82) is 0 Å². The highest BCUT2D eigenvalue weighted by Gasteiger charge is 2.33. The minimum atomic E-state index is -0.266. The van der Waals surface area contributed by atoms with E-state index >= 15 is 0 Å². The Balaban J connectivity index is 2.06. The average molecular weight is 445 g/mol. The molecule has 2 aliphatic rings. The number of anilines is 1. The van der Waals surface area contributed by atoms with Crippen LogP contribution in [0.2, 0.25) is 10.0 Å². The van der Waals surface area contributed by atoms with Crippen molar-refractivity contribution in [3.05, 3.63) is 62.7 Å². The molecule has 0 atom stereocenters. The molecular formula is C24H26Cl2N2O2. The fourth-order valence-electron chi connectivity index (χ4n) is 3.65. The Morgan fingerprint density at radius 2 is 1.57 bits per heavy atom. The molecule has 0 spiro atoms. The van der Waals surface area contributed by atoms with Gasteiger partial charge >= 0.3 is 0 Å². The summed E-state index contributed by atoms with van der Waals surface area (Å²) < 4.78 is 0. The van der Waals surface area contributed by atoms with E-state index < -0.39 is 0 Å². The lowest BCUT2D eigenvalue weighted by Crippen LogP contribution is -2.23. The van der Waals surface area contributed by atoms with Gasteiger partial charge in [0.2, 0.25) is 0 Å². The molecule has 4 nitrogen and oxygen atoms in total. The predicted molar refractivity (Wildman–Crippen MR) is 124 cm³/mol. The van der Waals surface area contributed by atoms with Crippen molar-refractivity contribution in [2.45, 2.75) is 59.3 Å². The van der Waals surface area contributed by atoms with E-state index in [1.807, 2.05) is 12.2 Å². The Hall–Kier alpha value is -2.17. The maximum absolute atomic E-state index is 13.3. The van der Waals surface area contributed by atoms with Gasteiger partial charge in [-0.05, 0) is 68.5 Å². The number of halogens is 2. The van der Waals surface area contributed by atoms with Gasteiger partial charge in [-0.2, -0.15) is 10.1 Å². The zero-order valence-electron chi connectivity index (χ0n) is 17.6. The number of nitrogens with zero attached hydrogens (tertiary/aromatic N) is 2. The van der Waals surface area contributed by atoms with Crippen LogP contribution in [0.25, 0.3) is 0 Å².